The molecule has 0 atom stereocenters. The smallest absolute Gasteiger partial charge is 0.228 e. The number of aryl methyl sites for hydroxylation is 1. The van der Waals surface area contributed by atoms with E-state index in [1.165, 1.54) is 12.1 Å². The molecule has 176 valence electrons. The van der Waals surface area contributed by atoms with Gasteiger partial charge in [-0.05, 0) is 59.4 Å². The number of halogens is 1. The van der Waals surface area contributed by atoms with E-state index in [4.69, 9.17) is 10.4 Å². The fourth-order valence-corrected chi connectivity index (χ4v) is 3.82. The van der Waals surface area contributed by atoms with E-state index in [1.54, 1.807) is 17.9 Å². The number of benzene rings is 2. The van der Waals surface area contributed by atoms with Gasteiger partial charge in [0.05, 0.1) is 12.1 Å². The number of amidine groups is 1. The zero-order chi connectivity index (χ0) is 24.1. The number of nitrogens with two attached hydrogens (primary N) is 1. The molecule has 0 bridgehead atoms. The molecule has 10 heteroatoms. The predicted molar refractivity (Wildman–Crippen MR) is 124 cm³/mol. The lowest BCUT2D eigenvalue weighted by Crippen LogP contribution is -2.42. The van der Waals surface area contributed by atoms with E-state index in [9.17, 15) is 14.0 Å². The summed E-state index contributed by atoms with van der Waals surface area (Å²) in [6.45, 7) is 2.62. The zero-order valence-electron chi connectivity index (χ0n) is 18.7. The average molecular weight is 465 g/mol. The maximum Gasteiger partial charge on any atom is 0.228 e. The monoisotopic (exact) mass is 464 g/mol. The van der Waals surface area contributed by atoms with E-state index < -0.39 is 0 Å². The van der Waals surface area contributed by atoms with Crippen molar-refractivity contribution < 1.29 is 18.6 Å². The summed E-state index contributed by atoms with van der Waals surface area (Å²) in [6.07, 6.45) is 1.41. The third-order valence-electron chi connectivity index (χ3n) is 5.78. The number of hydrogen-bond donors (Lipinski definition) is 2. The third kappa shape index (κ3) is 5.45. The number of hydrogen-bond acceptors (Lipinski definition) is 6. The van der Waals surface area contributed by atoms with E-state index in [0.29, 0.717) is 43.6 Å². The van der Waals surface area contributed by atoms with Crippen LogP contribution in [-0.4, -0.2) is 46.0 Å². The van der Waals surface area contributed by atoms with Gasteiger partial charge in [-0.25, -0.2) is 14.0 Å². The number of likely N-dealkylation sites (tertiary alicyclic amines) is 1. The van der Waals surface area contributed by atoms with Crippen LogP contribution in [0, 0.1) is 18.7 Å². The van der Waals surface area contributed by atoms with Gasteiger partial charge < -0.3 is 16.0 Å². The maximum absolute atomic E-state index is 13.5. The lowest BCUT2D eigenvalue weighted by molar-refractivity contribution is -0.133. The SMILES string of the molecule is Cc1cc(N=C(N)c2nonc2NC(=O)C2CCN(C(=O)Cc3ccccc3)CC2)ccc1F. The summed E-state index contributed by atoms with van der Waals surface area (Å²) < 4.78 is 18.2. The van der Waals surface area contributed by atoms with Crippen molar-refractivity contribution in [3.05, 3.63) is 71.2 Å². The zero-order valence-corrected chi connectivity index (χ0v) is 18.7. The molecule has 3 N–H and O–H groups in total. The first kappa shape index (κ1) is 23.1. The van der Waals surface area contributed by atoms with Crippen molar-refractivity contribution in [3.8, 4) is 0 Å². The molecule has 0 spiro atoms. The fourth-order valence-electron chi connectivity index (χ4n) is 3.82. The van der Waals surface area contributed by atoms with Gasteiger partial charge in [0.25, 0.3) is 0 Å². The average Bonchev–Trinajstić information content (AvgIpc) is 3.30. The Bertz CT molecular complexity index is 1200. The quantitative estimate of drug-likeness (QED) is 0.427. The number of carbonyl (C=O) groups is 2. The summed E-state index contributed by atoms with van der Waals surface area (Å²) in [4.78, 5) is 31.4. The molecule has 0 unspecified atom stereocenters. The van der Waals surface area contributed by atoms with Crippen LogP contribution in [0.5, 0.6) is 0 Å². The minimum Gasteiger partial charge on any atom is -0.382 e. The van der Waals surface area contributed by atoms with Crippen molar-refractivity contribution in [2.24, 2.45) is 16.6 Å². The van der Waals surface area contributed by atoms with Gasteiger partial charge in [-0.2, -0.15) is 0 Å². The van der Waals surface area contributed by atoms with Gasteiger partial charge in [-0.3, -0.25) is 9.59 Å². The molecule has 2 amide bonds. The highest BCUT2D eigenvalue weighted by Crippen LogP contribution is 2.22. The third-order valence-corrected chi connectivity index (χ3v) is 5.78. The molecule has 4 rings (SSSR count). The number of nitrogens with zero attached hydrogens (tertiary/aromatic N) is 4. The van der Waals surface area contributed by atoms with Crippen LogP contribution in [0.2, 0.25) is 0 Å². The molecule has 1 aromatic heterocycles. The Morgan fingerprint density at radius 3 is 2.62 bits per heavy atom. The first-order valence-corrected chi connectivity index (χ1v) is 11.0. The van der Waals surface area contributed by atoms with Gasteiger partial charge in [0.1, 0.15) is 5.82 Å². The molecule has 0 radical (unpaired) electrons. The Morgan fingerprint density at radius 1 is 1.18 bits per heavy atom. The molecule has 2 heterocycles. The van der Waals surface area contributed by atoms with Crippen LogP contribution in [-0.2, 0) is 16.0 Å². The molecule has 34 heavy (non-hydrogen) atoms. The van der Waals surface area contributed by atoms with E-state index in [1.807, 2.05) is 30.3 Å². The summed E-state index contributed by atoms with van der Waals surface area (Å²) in [5.41, 5.74) is 7.94. The molecular formula is C24H25FN6O3. The van der Waals surface area contributed by atoms with E-state index >= 15 is 0 Å². The Labute approximate surface area is 195 Å². The van der Waals surface area contributed by atoms with E-state index in [0.717, 1.165) is 5.56 Å². The Morgan fingerprint density at radius 2 is 1.91 bits per heavy atom. The van der Waals surface area contributed by atoms with Crippen LogP contribution in [0.15, 0.2) is 58.2 Å². The van der Waals surface area contributed by atoms with E-state index in [2.05, 4.69) is 20.6 Å². The summed E-state index contributed by atoms with van der Waals surface area (Å²) in [6, 6.07) is 13.9. The Kier molecular flexibility index (Phi) is 6.95. The second-order valence-corrected chi connectivity index (χ2v) is 8.20. The summed E-state index contributed by atoms with van der Waals surface area (Å²) in [5.74, 6) is -0.799. The molecule has 1 aliphatic heterocycles. The van der Waals surface area contributed by atoms with Gasteiger partial charge >= 0.3 is 0 Å². The lowest BCUT2D eigenvalue weighted by atomic mass is 9.95. The largest absolute Gasteiger partial charge is 0.382 e. The summed E-state index contributed by atoms with van der Waals surface area (Å²) in [5, 5.41) is 10.2. The standard InChI is InChI=1S/C24H25FN6O3/c1-15-13-18(7-8-19(15)25)27-22(26)21-23(30-34-29-21)28-24(33)17-9-11-31(12-10-17)20(32)14-16-5-3-2-4-6-16/h2-8,13,17H,9-12,14H2,1H3,(H2,26,27)(H,28,30,33). The molecule has 9 nitrogen and oxygen atoms in total. The predicted octanol–water partition coefficient (Wildman–Crippen LogP) is 2.97. The number of anilines is 1. The molecule has 1 aliphatic rings. The molecule has 1 saturated heterocycles. The van der Waals surface area contributed by atoms with Crippen LogP contribution < -0.4 is 11.1 Å². The Balaban J connectivity index is 1.34. The van der Waals surface area contributed by atoms with Crippen molar-refractivity contribution in [3.63, 3.8) is 0 Å². The van der Waals surface area contributed by atoms with Crippen molar-refractivity contribution in [2.75, 3.05) is 18.4 Å². The Hall–Kier alpha value is -4.08. The number of aromatic nitrogens is 2. The molecule has 0 saturated carbocycles. The van der Waals surface area contributed by atoms with Crippen LogP contribution in [0.25, 0.3) is 0 Å². The highest BCUT2D eigenvalue weighted by molar-refractivity contribution is 6.04. The number of amides is 2. The van der Waals surface area contributed by atoms with Gasteiger partial charge in [0, 0.05) is 19.0 Å². The minimum absolute atomic E-state index is 0.0242. The molecular weight excluding hydrogens is 439 g/mol. The molecule has 0 aliphatic carbocycles. The maximum atomic E-state index is 13.5. The number of aliphatic imine (C=N–C) groups is 1. The van der Waals surface area contributed by atoms with Crippen molar-refractivity contribution >= 4 is 29.2 Å². The number of rotatable bonds is 6. The van der Waals surface area contributed by atoms with Crippen LogP contribution in [0.3, 0.4) is 0 Å². The highest BCUT2D eigenvalue weighted by Gasteiger charge is 2.29. The number of carbonyl (C=O) groups excluding carboxylic acids is 2. The fraction of sp³-hybridized carbons (Fsp3) is 0.292. The second kappa shape index (κ2) is 10.2. The van der Waals surface area contributed by atoms with Crippen molar-refractivity contribution in [2.45, 2.75) is 26.2 Å². The summed E-state index contributed by atoms with van der Waals surface area (Å²) in [7, 11) is 0. The minimum atomic E-state index is -0.346. The van der Waals surface area contributed by atoms with Gasteiger partial charge in [0.2, 0.25) is 17.6 Å². The molecule has 2 aromatic carbocycles. The van der Waals surface area contributed by atoms with Gasteiger partial charge in [0.15, 0.2) is 11.5 Å². The van der Waals surface area contributed by atoms with Crippen LogP contribution in [0.1, 0.15) is 29.7 Å². The van der Waals surface area contributed by atoms with Gasteiger partial charge in [-0.15, -0.1) is 0 Å². The summed E-state index contributed by atoms with van der Waals surface area (Å²) >= 11 is 0. The number of piperidine rings is 1. The topological polar surface area (TPSA) is 127 Å². The van der Waals surface area contributed by atoms with E-state index in [-0.39, 0.29) is 40.9 Å². The lowest BCUT2D eigenvalue weighted by Gasteiger charge is -2.31. The first-order chi connectivity index (χ1) is 16.4. The second-order valence-electron chi connectivity index (χ2n) is 8.20. The first-order valence-electron chi connectivity index (χ1n) is 11.0. The van der Waals surface area contributed by atoms with Crippen molar-refractivity contribution in [1.29, 1.82) is 0 Å². The highest BCUT2D eigenvalue weighted by atomic mass is 19.1. The normalized spacial score (nSPS) is 14.8. The van der Waals surface area contributed by atoms with Crippen molar-refractivity contribution in [1.82, 2.24) is 15.2 Å². The van der Waals surface area contributed by atoms with Crippen LogP contribution >= 0.6 is 0 Å². The molecule has 3 aromatic rings. The van der Waals surface area contributed by atoms with Gasteiger partial charge in [-0.1, -0.05) is 30.3 Å². The molecule has 1 fully saturated rings. The number of nitrogens with one attached hydrogen (secondary N) is 1. The van der Waals surface area contributed by atoms with Crippen LogP contribution in [0.4, 0.5) is 15.9 Å².